The quantitative estimate of drug-likeness (QED) is 0.862. The van der Waals surface area contributed by atoms with Crippen LogP contribution in [0.1, 0.15) is 29.2 Å². The molecule has 1 aromatic carbocycles. The molecule has 2 aliphatic heterocycles. The summed E-state index contributed by atoms with van der Waals surface area (Å²) >= 11 is 1.59. The standard InChI is InChI=1S/C19H23N3O3S/c1-24-15-2-3-16-13(9-15)8-14(11-25-16)18(23)22-19-21-10-17(26-19)12-4-6-20-7-5-12/h2-3,9-10,12,14,20H,4-8,11H2,1H3,(H,21,22,23). The predicted octanol–water partition coefficient (Wildman–Crippen LogP) is 2.81. The van der Waals surface area contributed by atoms with Crippen molar-refractivity contribution in [1.82, 2.24) is 10.3 Å². The maximum Gasteiger partial charge on any atom is 0.233 e. The van der Waals surface area contributed by atoms with Crippen molar-refractivity contribution in [2.45, 2.75) is 25.2 Å². The Balaban J connectivity index is 1.40. The maximum absolute atomic E-state index is 12.7. The van der Waals surface area contributed by atoms with Crippen molar-refractivity contribution >= 4 is 22.4 Å². The fourth-order valence-electron chi connectivity index (χ4n) is 3.51. The second kappa shape index (κ2) is 7.63. The molecular formula is C19H23N3O3S. The topological polar surface area (TPSA) is 72.5 Å². The molecule has 0 bridgehead atoms. The minimum absolute atomic E-state index is 0.0373. The number of amides is 1. The molecule has 7 heteroatoms. The van der Waals surface area contributed by atoms with Gasteiger partial charge in [-0.3, -0.25) is 4.79 Å². The van der Waals surface area contributed by atoms with Crippen LogP contribution in [0.2, 0.25) is 0 Å². The zero-order valence-electron chi connectivity index (χ0n) is 14.8. The average Bonchev–Trinajstić information content (AvgIpc) is 3.16. The molecular weight excluding hydrogens is 350 g/mol. The summed E-state index contributed by atoms with van der Waals surface area (Å²) in [4.78, 5) is 18.3. The van der Waals surface area contributed by atoms with Crippen LogP contribution < -0.4 is 20.1 Å². The Morgan fingerprint density at radius 2 is 2.23 bits per heavy atom. The summed E-state index contributed by atoms with van der Waals surface area (Å²) < 4.78 is 11.0. The molecule has 2 aliphatic rings. The Hall–Kier alpha value is -2.12. The van der Waals surface area contributed by atoms with Crippen LogP contribution in [0.15, 0.2) is 24.4 Å². The first-order chi connectivity index (χ1) is 12.7. The van der Waals surface area contributed by atoms with Crippen LogP contribution in [0.4, 0.5) is 5.13 Å². The maximum atomic E-state index is 12.7. The van der Waals surface area contributed by atoms with E-state index in [-0.39, 0.29) is 11.8 Å². The van der Waals surface area contributed by atoms with Crippen LogP contribution in [0, 0.1) is 5.92 Å². The van der Waals surface area contributed by atoms with Crippen LogP contribution in [-0.4, -0.2) is 37.7 Å². The first-order valence-electron chi connectivity index (χ1n) is 9.00. The first kappa shape index (κ1) is 17.3. The van der Waals surface area contributed by atoms with Gasteiger partial charge < -0.3 is 20.1 Å². The number of anilines is 1. The van der Waals surface area contributed by atoms with E-state index >= 15 is 0 Å². The number of ether oxygens (including phenoxy) is 2. The lowest BCUT2D eigenvalue weighted by Gasteiger charge is -2.24. The SMILES string of the molecule is COc1ccc2c(c1)CC(C(=O)Nc1ncc(C3CCNCC3)s1)CO2. The van der Waals surface area contributed by atoms with Gasteiger partial charge in [-0.15, -0.1) is 11.3 Å². The number of nitrogens with one attached hydrogen (secondary N) is 2. The average molecular weight is 373 g/mol. The lowest BCUT2D eigenvalue weighted by Crippen LogP contribution is -2.32. The molecule has 1 atom stereocenters. The Kier molecular flexibility index (Phi) is 5.08. The summed E-state index contributed by atoms with van der Waals surface area (Å²) in [6.07, 6.45) is 4.81. The number of thiazole rings is 1. The van der Waals surface area contributed by atoms with Crippen molar-refractivity contribution in [1.29, 1.82) is 0 Å². The van der Waals surface area contributed by atoms with Crippen molar-refractivity contribution in [3.63, 3.8) is 0 Å². The van der Waals surface area contributed by atoms with Crippen molar-refractivity contribution < 1.29 is 14.3 Å². The van der Waals surface area contributed by atoms with Crippen molar-refractivity contribution in [2.24, 2.45) is 5.92 Å². The molecule has 0 spiro atoms. The molecule has 0 radical (unpaired) electrons. The number of nitrogens with zero attached hydrogens (tertiary/aromatic N) is 1. The van der Waals surface area contributed by atoms with Crippen LogP contribution in [-0.2, 0) is 11.2 Å². The number of hydrogen-bond acceptors (Lipinski definition) is 6. The van der Waals surface area contributed by atoms with Gasteiger partial charge in [0.15, 0.2) is 5.13 Å². The number of piperidine rings is 1. The molecule has 6 nitrogen and oxygen atoms in total. The molecule has 26 heavy (non-hydrogen) atoms. The van der Waals surface area contributed by atoms with Gasteiger partial charge in [0.1, 0.15) is 18.1 Å². The lowest BCUT2D eigenvalue weighted by molar-refractivity contribution is -0.121. The fraction of sp³-hybridized carbons (Fsp3) is 0.474. The highest BCUT2D eigenvalue weighted by atomic mass is 32.1. The minimum Gasteiger partial charge on any atom is -0.497 e. The Labute approximate surface area is 156 Å². The van der Waals surface area contributed by atoms with Crippen LogP contribution in [0.5, 0.6) is 11.5 Å². The van der Waals surface area contributed by atoms with Crippen molar-refractivity contribution in [3.05, 3.63) is 34.8 Å². The Bertz CT molecular complexity index is 786. The van der Waals surface area contributed by atoms with E-state index in [2.05, 4.69) is 15.6 Å². The number of aromatic nitrogens is 1. The van der Waals surface area contributed by atoms with Gasteiger partial charge in [0.25, 0.3) is 0 Å². The third kappa shape index (κ3) is 3.68. The number of hydrogen-bond donors (Lipinski definition) is 2. The largest absolute Gasteiger partial charge is 0.497 e. The summed E-state index contributed by atoms with van der Waals surface area (Å²) in [5.41, 5.74) is 1.00. The Morgan fingerprint density at radius 1 is 1.38 bits per heavy atom. The van der Waals surface area contributed by atoms with E-state index in [9.17, 15) is 4.79 Å². The number of carbonyl (C=O) groups excluding carboxylic acids is 1. The van der Waals surface area contributed by atoms with Gasteiger partial charge in [0, 0.05) is 11.1 Å². The van der Waals surface area contributed by atoms with E-state index in [0.29, 0.717) is 24.1 Å². The smallest absolute Gasteiger partial charge is 0.233 e. The van der Waals surface area contributed by atoms with Crippen molar-refractivity contribution in [3.8, 4) is 11.5 Å². The van der Waals surface area contributed by atoms with Crippen molar-refractivity contribution in [2.75, 3.05) is 32.1 Å². The molecule has 0 saturated carbocycles. The summed E-state index contributed by atoms with van der Waals surface area (Å²) in [5, 5.41) is 7.03. The molecule has 1 unspecified atom stereocenters. The zero-order valence-corrected chi connectivity index (χ0v) is 15.6. The molecule has 1 aromatic heterocycles. The highest BCUT2D eigenvalue weighted by Gasteiger charge is 2.27. The summed E-state index contributed by atoms with van der Waals surface area (Å²) in [6.45, 7) is 2.48. The molecule has 3 heterocycles. The molecule has 2 N–H and O–H groups in total. The molecule has 138 valence electrons. The molecule has 4 rings (SSSR count). The van der Waals surface area contributed by atoms with Gasteiger partial charge in [-0.25, -0.2) is 4.98 Å². The third-order valence-corrected chi connectivity index (χ3v) is 6.12. The zero-order chi connectivity index (χ0) is 17.9. The Morgan fingerprint density at radius 3 is 3.04 bits per heavy atom. The number of carbonyl (C=O) groups is 1. The molecule has 1 fully saturated rings. The predicted molar refractivity (Wildman–Crippen MR) is 101 cm³/mol. The molecule has 1 amide bonds. The summed E-state index contributed by atoms with van der Waals surface area (Å²) in [5.74, 6) is 1.90. The van der Waals surface area contributed by atoms with Crippen LogP contribution >= 0.6 is 11.3 Å². The van der Waals surface area contributed by atoms with Gasteiger partial charge in [0.05, 0.1) is 13.0 Å². The van der Waals surface area contributed by atoms with E-state index < -0.39 is 0 Å². The van der Waals surface area contributed by atoms with E-state index in [4.69, 9.17) is 9.47 Å². The van der Waals surface area contributed by atoms with Crippen LogP contribution in [0.3, 0.4) is 0 Å². The van der Waals surface area contributed by atoms with E-state index in [1.54, 1.807) is 18.4 Å². The van der Waals surface area contributed by atoms with Gasteiger partial charge in [-0.2, -0.15) is 0 Å². The van der Waals surface area contributed by atoms with Gasteiger partial charge >= 0.3 is 0 Å². The first-order valence-corrected chi connectivity index (χ1v) is 9.81. The number of benzene rings is 1. The van der Waals surface area contributed by atoms with Gasteiger partial charge in [-0.1, -0.05) is 0 Å². The number of fused-ring (bicyclic) bond motifs is 1. The molecule has 1 saturated heterocycles. The summed E-state index contributed by atoms with van der Waals surface area (Å²) in [6, 6.07) is 5.71. The van der Waals surface area contributed by atoms with Crippen LogP contribution in [0.25, 0.3) is 0 Å². The summed E-state index contributed by atoms with van der Waals surface area (Å²) in [7, 11) is 1.64. The van der Waals surface area contributed by atoms with Gasteiger partial charge in [0.2, 0.25) is 5.91 Å². The van der Waals surface area contributed by atoms with Gasteiger partial charge in [-0.05, 0) is 62.0 Å². The molecule has 0 aliphatic carbocycles. The second-order valence-electron chi connectivity index (χ2n) is 6.77. The number of methoxy groups -OCH3 is 1. The minimum atomic E-state index is -0.221. The second-order valence-corrected chi connectivity index (χ2v) is 7.83. The van der Waals surface area contributed by atoms with E-state index in [1.165, 1.54) is 4.88 Å². The monoisotopic (exact) mass is 373 g/mol. The molecule has 2 aromatic rings. The van der Waals surface area contributed by atoms with E-state index in [0.717, 1.165) is 43.0 Å². The number of rotatable bonds is 4. The normalized spacial score (nSPS) is 20.1. The fourth-order valence-corrected chi connectivity index (χ4v) is 4.50. The highest BCUT2D eigenvalue weighted by molar-refractivity contribution is 7.15. The highest BCUT2D eigenvalue weighted by Crippen LogP contribution is 2.33. The lowest BCUT2D eigenvalue weighted by atomic mass is 9.96. The van der Waals surface area contributed by atoms with E-state index in [1.807, 2.05) is 24.4 Å². The third-order valence-electron chi connectivity index (χ3n) is 5.04.